The molecule has 122 valence electrons. The van der Waals surface area contributed by atoms with E-state index in [1.54, 1.807) is 6.08 Å². The molecular weight excluding hydrogens is 276 g/mol. The Morgan fingerprint density at radius 2 is 2.05 bits per heavy atom. The fourth-order valence-electron chi connectivity index (χ4n) is 2.55. The third-order valence-corrected chi connectivity index (χ3v) is 3.72. The predicted octanol–water partition coefficient (Wildman–Crippen LogP) is 4.54. The number of hydrogen-bond acceptors (Lipinski definition) is 3. The molecular formula is C19H28O3. The number of hydrogen-bond donors (Lipinski definition) is 0. The second-order valence-electron chi connectivity index (χ2n) is 5.50. The van der Waals surface area contributed by atoms with Crippen molar-refractivity contribution in [3.05, 3.63) is 36.0 Å². The van der Waals surface area contributed by atoms with Gasteiger partial charge in [0.05, 0.1) is 6.61 Å². The first kappa shape index (κ1) is 18.4. The lowest BCUT2D eigenvalue weighted by molar-refractivity contribution is -0.143. The summed E-state index contributed by atoms with van der Waals surface area (Å²) in [7, 11) is 0. The van der Waals surface area contributed by atoms with Crippen molar-refractivity contribution in [2.24, 2.45) is 5.92 Å². The molecule has 1 atom stereocenters. The number of ether oxygens (including phenoxy) is 1. The maximum Gasteiger partial charge on any atom is 0.305 e. The number of carbonyl (C=O) groups excluding carboxylic acids is 2. The highest BCUT2D eigenvalue weighted by Crippen LogP contribution is 2.27. The third kappa shape index (κ3) is 6.88. The zero-order chi connectivity index (χ0) is 16.2. The minimum Gasteiger partial charge on any atom is -0.466 e. The molecule has 0 amide bonds. The standard InChI is InChI=1S/C19H28O3/c1-3-5-6-8-11-16-14-15-18(20)17(16)12-9-7-10-13-19(21)22-4-2/h5-6,12,14-16H,3-4,7-11,13H2,1-2H3/b6-5+,17-12+/t16-/m0/s1. The normalized spacial score (nSPS) is 19.5. The number of allylic oxidation sites excluding steroid dienone is 6. The van der Waals surface area contributed by atoms with Crippen molar-refractivity contribution in [1.82, 2.24) is 0 Å². The van der Waals surface area contributed by atoms with Gasteiger partial charge in [-0.25, -0.2) is 0 Å². The van der Waals surface area contributed by atoms with Crippen LogP contribution in [-0.4, -0.2) is 18.4 Å². The molecule has 0 saturated carbocycles. The van der Waals surface area contributed by atoms with E-state index in [0.29, 0.717) is 13.0 Å². The number of unbranched alkanes of at least 4 members (excludes halogenated alkanes) is 2. The van der Waals surface area contributed by atoms with Crippen molar-refractivity contribution in [3.8, 4) is 0 Å². The SMILES string of the molecule is CC/C=C/CC[C@H]1C=CC(=O)/C1=C/CCCCC(=O)OCC. The maximum absolute atomic E-state index is 11.9. The van der Waals surface area contributed by atoms with E-state index in [9.17, 15) is 9.59 Å². The highest BCUT2D eigenvalue weighted by molar-refractivity contribution is 6.07. The maximum atomic E-state index is 11.9. The molecule has 22 heavy (non-hydrogen) atoms. The number of ketones is 1. The van der Waals surface area contributed by atoms with Crippen molar-refractivity contribution >= 4 is 11.8 Å². The van der Waals surface area contributed by atoms with Crippen LogP contribution in [0.2, 0.25) is 0 Å². The van der Waals surface area contributed by atoms with Crippen LogP contribution in [-0.2, 0) is 14.3 Å². The zero-order valence-corrected chi connectivity index (χ0v) is 13.8. The lowest BCUT2D eigenvalue weighted by Crippen LogP contribution is -2.04. The van der Waals surface area contributed by atoms with Crippen molar-refractivity contribution < 1.29 is 14.3 Å². The van der Waals surface area contributed by atoms with E-state index in [1.165, 1.54) is 0 Å². The van der Waals surface area contributed by atoms with Crippen LogP contribution in [0.5, 0.6) is 0 Å². The summed E-state index contributed by atoms with van der Waals surface area (Å²) in [6.45, 7) is 4.38. The van der Waals surface area contributed by atoms with Gasteiger partial charge in [0.25, 0.3) is 0 Å². The number of rotatable bonds is 10. The second-order valence-corrected chi connectivity index (χ2v) is 5.50. The Balaban J connectivity index is 2.32. The Labute approximate surface area is 134 Å². The lowest BCUT2D eigenvalue weighted by Gasteiger charge is -2.09. The van der Waals surface area contributed by atoms with E-state index in [0.717, 1.165) is 44.1 Å². The van der Waals surface area contributed by atoms with Crippen LogP contribution in [0.3, 0.4) is 0 Å². The third-order valence-electron chi connectivity index (χ3n) is 3.72. The Morgan fingerprint density at radius 1 is 1.23 bits per heavy atom. The van der Waals surface area contributed by atoms with E-state index in [2.05, 4.69) is 25.2 Å². The van der Waals surface area contributed by atoms with E-state index in [-0.39, 0.29) is 17.7 Å². The summed E-state index contributed by atoms with van der Waals surface area (Å²) in [5.41, 5.74) is 0.932. The summed E-state index contributed by atoms with van der Waals surface area (Å²) in [6, 6.07) is 0. The van der Waals surface area contributed by atoms with E-state index in [1.807, 2.05) is 13.0 Å². The molecule has 0 fully saturated rings. The van der Waals surface area contributed by atoms with Crippen molar-refractivity contribution in [2.75, 3.05) is 6.61 Å². The summed E-state index contributed by atoms with van der Waals surface area (Å²) < 4.78 is 4.90. The molecule has 3 heteroatoms. The number of esters is 1. The van der Waals surface area contributed by atoms with Crippen molar-refractivity contribution in [2.45, 2.75) is 58.8 Å². The molecule has 0 heterocycles. The fourth-order valence-corrected chi connectivity index (χ4v) is 2.55. The second kappa shape index (κ2) is 11.0. The summed E-state index contributed by atoms with van der Waals surface area (Å²) in [6.07, 6.45) is 16.2. The first-order valence-corrected chi connectivity index (χ1v) is 8.42. The Bertz CT molecular complexity index is 444. The van der Waals surface area contributed by atoms with Gasteiger partial charge >= 0.3 is 5.97 Å². The molecule has 0 bridgehead atoms. The molecule has 0 aromatic rings. The largest absolute Gasteiger partial charge is 0.466 e. The molecule has 0 aromatic carbocycles. The van der Waals surface area contributed by atoms with E-state index >= 15 is 0 Å². The zero-order valence-electron chi connectivity index (χ0n) is 13.8. The molecule has 0 aliphatic heterocycles. The van der Waals surface area contributed by atoms with Crippen LogP contribution in [0.1, 0.15) is 58.8 Å². The van der Waals surface area contributed by atoms with Crippen LogP contribution < -0.4 is 0 Å². The number of carbonyl (C=O) groups is 2. The molecule has 0 aromatic heterocycles. The molecule has 0 N–H and O–H groups in total. The van der Waals surface area contributed by atoms with Gasteiger partial charge in [0.1, 0.15) is 0 Å². The van der Waals surface area contributed by atoms with Crippen LogP contribution in [0, 0.1) is 5.92 Å². The van der Waals surface area contributed by atoms with E-state index < -0.39 is 0 Å². The molecule has 0 saturated heterocycles. The highest BCUT2D eigenvalue weighted by atomic mass is 16.5. The molecule has 3 nitrogen and oxygen atoms in total. The molecule has 0 radical (unpaired) electrons. The minimum absolute atomic E-state index is 0.130. The van der Waals surface area contributed by atoms with Crippen LogP contribution in [0.15, 0.2) is 36.0 Å². The quantitative estimate of drug-likeness (QED) is 0.257. The molecule has 0 spiro atoms. The van der Waals surface area contributed by atoms with Gasteiger partial charge in [0.2, 0.25) is 0 Å². The van der Waals surface area contributed by atoms with Gasteiger partial charge in [0, 0.05) is 17.9 Å². The Kier molecular flexibility index (Phi) is 9.20. The monoisotopic (exact) mass is 304 g/mol. The van der Waals surface area contributed by atoms with Crippen molar-refractivity contribution in [3.63, 3.8) is 0 Å². The van der Waals surface area contributed by atoms with Gasteiger partial charge in [0.15, 0.2) is 5.78 Å². The molecule has 1 rings (SSSR count). The fraction of sp³-hybridized carbons (Fsp3) is 0.579. The summed E-state index contributed by atoms with van der Waals surface area (Å²) >= 11 is 0. The van der Waals surface area contributed by atoms with Crippen LogP contribution in [0.4, 0.5) is 0 Å². The van der Waals surface area contributed by atoms with Gasteiger partial charge in [-0.1, -0.05) is 31.2 Å². The average Bonchev–Trinajstić information content (AvgIpc) is 2.84. The van der Waals surface area contributed by atoms with Crippen LogP contribution >= 0.6 is 0 Å². The molecule has 1 aliphatic rings. The van der Waals surface area contributed by atoms with Gasteiger partial charge in [-0.3, -0.25) is 9.59 Å². The first-order chi connectivity index (χ1) is 10.7. The Morgan fingerprint density at radius 3 is 2.77 bits per heavy atom. The minimum atomic E-state index is -0.130. The average molecular weight is 304 g/mol. The summed E-state index contributed by atoms with van der Waals surface area (Å²) in [5, 5.41) is 0. The molecule has 1 aliphatic carbocycles. The summed E-state index contributed by atoms with van der Waals surface area (Å²) in [5.74, 6) is 0.281. The predicted molar refractivity (Wildman–Crippen MR) is 89.5 cm³/mol. The first-order valence-electron chi connectivity index (χ1n) is 8.42. The summed E-state index contributed by atoms with van der Waals surface area (Å²) in [4.78, 5) is 23.1. The lowest BCUT2D eigenvalue weighted by atomic mass is 9.95. The van der Waals surface area contributed by atoms with Gasteiger partial charge < -0.3 is 4.74 Å². The van der Waals surface area contributed by atoms with Gasteiger partial charge in [-0.05, 0) is 51.5 Å². The highest BCUT2D eigenvalue weighted by Gasteiger charge is 2.21. The Hall–Kier alpha value is -1.64. The molecule has 0 unspecified atom stereocenters. The van der Waals surface area contributed by atoms with Crippen LogP contribution in [0.25, 0.3) is 0 Å². The van der Waals surface area contributed by atoms with Gasteiger partial charge in [-0.2, -0.15) is 0 Å². The van der Waals surface area contributed by atoms with E-state index in [4.69, 9.17) is 4.74 Å². The van der Waals surface area contributed by atoms with Gasteiger partial charge in [-0.15, -0.1) is 0 Å². The smallest absolute Gasteiger partial charge is 0.305 e. The van der Waals surface area contributed by atoms with Crippen molar-refractivity contribution in [1.29, 1.82) is 0 Å². The topological polar surface area (TPSA) is 43.4 Å².